The summed E-state index contributed by atoms with van der Waals surface area (Å²) >= 11 is 10.1. The molecular formula is C35H34BrClN4O7. The zero-order valence-electron chi connectivity index (χ0n) is 26.4. The van der Waals surface area contributed by atoms with Gasteiger partial charge in [-0.05, 0) is 87.6 Å². The number of amides is 2. The number of hydrazone groups is 1. The standard InChI is InChI=1S/C35H34BrClN4O7/c1-4-46-29-16-25(32-31(34(43)45-3)20(2)39-35(44)40-32)11-12-28(29)47-19-30(42)41-38-17-22-14-26(36)33(27(37)15-22)48-18-21-9-10-23-7-5-6-8-24(23)13-21/h5-17,30,32,41-42H,4,18-19H2,1-3H3,(H2,39,40,44)/b38-17-/t30-,32+/m1/s1. The molecule has 4 N–H and O–H groups in total. The highest BCUT2D eigenvalue weighted by atomic mass is 79.9. The number of carbonyl (C=O) groups is 2. The van der Waals surface area contributed by atoms with E-state index >= 15 is 0 Å². The first-order chi connectivity index (χ1) is 23.2. The molecule has 250 valence electrons. The van der Waals surface area contributed by atoms with Crippen LogP contribution in [0.1, 0.15) is 36.6 Å². The molecule has 11 nitrogen and oxygen atoms in total. The van der Waals surface area contributed by atoms with Crippen molar-refractivity contribution >= 4 is 56.5 Å². The number of aliphatic hydroxyl groups excluding tert-OH is 1. The van der Waals surface area contributed by atoms with Gasteiger partial charge in [0.25, 0.3) is 0 Å². The molecule has 4 aromatic carbocycles. The van der Waals surface area contributed by atoms with Crippen LogP contribution in [-0.2, 0) is 16.1 Å². The number of hydrogen-bond donors (Lipinski definition) is 4. The lowest BCUT2D eigenvalue weighted by atomic mass is 9.95. The molecule has 0 bridgehead atoms. The molecule has 0 unspecified atom stereocenters. The zero-order chi connectivity index (χ0) is 34.2. The summed E-state index contributed by atoms with van der Waals surface area (Å²) in [6.45, 7) is 3.94. The number of carbonyl (C=O) groups excluding carboxylic acids is 2. The Morgan fingerprint density at radius 2 is 1.85 bits per heavy atom. The molecular weight excluding hydrogens is 704 g/mol. The second-order valence-corrected chi connectivity index (χ2v) is 12.0. The Kier molecular flexibility index (Phi) is 11.4. The summed E-state index contributed by atoms with van der Waals surface area (Å²) in [7, 11) is 1.27. The highest BCUT2D eigenvalue weighted by Crippen LogP contribution is 2.36. The van der Waals surface area contributed by atoms with Crippen LogP contribution in [0, 0.1) is 0 Å². The first-order valence-corrected chi connectivity index (χ1v) is 16.2. The number of halogens is 2. The number of hydrogen-bond acceptors (Lipinski definition) is 9. The first kappa shape index (κ1) is 34.6. The Hall–Kier alpha value is -4.78. The van der Waals surface area contributed by atoms with Crippen LogP contribution < -0.4 is 30.3 Å². The molecule has 2 amide bonds. The lowest BCUT2D eigenvalue weighted by Crippen LogP contribution is -2.45. The molecule has 0 fully saturated rings. The van der Waals surface area contributed by atoms with E-state index in [2.05, 4.69) is 61.4 Å². The van der Waals surface area contributed by atoms with Crippen molar-refractivity contribution in [3.05, 3.63) is 110 Å². The number of benzene rings is 4. The fourth-order valence-corrected chi connectivity index (χ4v) is 6.08. The minimum atomic E-state index is -1.17. The molecule has 0 saturated heterocycles. The maximum atomic E-state index is 12.5. The van der Waals surface area contributed by atoms with E-state index in [4.69, 9.17) is 30.5 Å². The van der Waals surface area contributed by atoms with Crippen LogP contribution in [0.4, 0.5) is 4.79 Å². The molecule has 0 saturated carbocycles. The smallest absolute Gasteiger partial charge is 0.337 e. The Bertz CT molecular complexity index is 1860. The van der Waals surface area contributed by atoms with Gasteiger partial charge in [-0.1, -0.05) is 54.1 Å². The summed E-state index contributed by atoms with van der Waals surface area (Å²) in [6, 6.07) is 21.6. The van der Waals surface area contributed by atoms with E-state index in [1.54, 1.807) is 37.3 Å². The Labute approximate surface area is 291 Å². The van der Waals surface area contributed by atoms with Gasteiger partial charge in [0.2, 0.25) is 0 Å². The zero-order valence-corrected chi connectivity index (χ0v) is 28.7. The van der Waals surface area contributed by atoms with Crippen molar-refractivity contribution in [1.82, 2.24) is 16.1 Å². The molecule has 48 heavy (non-hydrogen) atoms. The lowest BCUT2D eigenvalue weighted by Gasteiger charge is -2.28. The summed E-state index contributed by atoms with van der Waals surface area (Å²) in [6.07, 6.45) is 0.342. The van der Waals surface area contributed by atoms with Gasteiger partial charge in [0.15, 0.2) is 23.5 Å². The molecule has 4 aromatic rings. The van der Waals surface area contributed by atoms with Crippen molar-refractivity contribution in [1.29, 1.82) is 0 Å². The van der Waals surface area contributed by atoms with Crippen molar-refractivity contribution in [3.8, 4) is 17.2 Å². The molecule has 2 atom stereocenters. The van der Waals surface area contributed by atoms with Gasteiger partial charge >= 0.3 is 12.0 Å². The van der Waals surface area contributed by atoms with Gasteiger partial charge in [-0.15, -0.1) is 0 Å². The number of methoxy groups -OCH3 is 1. The Morgan fingerprint density at radius 1 is 1.06 bits per heavy atom. The maximum Gasteiger partial charge on any atom is 0.337 e. The summed E-state index contributed by atoms with van der Waals surface area (Å²) < 4.78 is 23.2. The number of allylic oxidation sites excluding steroid dienone is 1. The number of nitrogens with one attached hydrogen (secondary N) is 3. The quantitative estimate of drug-likeness (QED) is 0.0539. The van der Waals surface area contributed by atoms with E-state index in [9.17, 15) is 14.7 Å². The number of fused-ring (bicyclic) bond motifs is 1. The second kappa shape index (κ2) is 15.9. The number of rotatable bonds is 13. The van der Waals surface area contributed by atoms with Gasteiger partial charge in [-0.2, -0.15) is 5.10 Å². The number of esters is 1. The van der Waals surface area contributed by atoms with Crippen LogP contribution in [0.25, 0.3) is 10.8 Å². The van der Waals surface area contributed by atoms with Crippen LogP contribution >= 0.6 is 27.5 Å². The number of aliphatic hydroxyl groups is 1. The summed E-state index contributed by atoms with van der Waals surface area (Å²) in [5, 5.41) is 22.6. The Balaban J connectivity index is 1.18. The molecule has 0 aliphatic carbocycles. The van der Waals surface area contributed by atoms with Crippen LogP contribution in [-0.4, -0.2) is 49.9 Å². The summed E-state index contributed by atoms with van der Waals surface area (Å²) in [5.74, 6) is 0.646. The maximum absolute atomic E-state index is 12.5. The van der Waals surface area contributed by atoms with E-state index in [1.807, 2.05) is 25.1 Å². The van der Waals surface area contributed by atoms with Gasteiger partial charge in [-0.25, -0.2) is 9.59 Å². The number of urea groups is 1. The van der Waals surface area contributed by atoms with Crippen LogP contribution in [0.2, 0.25) is 5.02 Å². The van der Waals surface area contributed by atoms with E-state index in [1.165, 1.54) is 13.3 Å². The largest absolute Gasteiger partial charge is 0.490 e. The Morgan fingerprint density at radius 3 is 2.60 bits per heavy atom. The van der Waals surface area contributed by atoms with Gasteiger partial charge < -0.3 is 34.7 Å². The molecule has 0 aromatic heterocycles. The van der Waals surface area contributed by atoms with Crippen molar-refractivity contribution in [3.63, 3.8) is 0 Å². The monoisotopic (exact) mass is 736 g/mol. The third kappa shape index (κ3) is 8.38. The van der Waals surface area contributed by atoms with Crippen molar-refractivity contribution in [2.75, 3.05) is 20.3 Å². The highest BCUT2D eigenvalue weighted by molar-refractivity contribution is 9.10. The van der Waals surface area contributed by atoms with Crippen LogP contribution in [0.3, 0.4) is 0 Å². The van der Waals surface area contributed by atoms with Crippen LogP contribution in [0.15, 0.2) is 93.6 Å². The van der Waals surface area contributed by atoms with E-state index in [0.29, 0.717) is 56.8 Å². The molecule has 0 spiro atoms. The van der Waals surface area contributed by atoms with E-state index < -0.39 is 24.3 Å². The third-order valence-corrected chi connectivity index (χ3v) is 8.20. The van der Waals surface area contributed by atoms with Gasteiger partial charge in [0.05, 0.1) is 41.0 Å². The topological polar surface area (TPSA) is 140 Å². The average molecular weight is 738 g/mol. The van der Waals surface area contributed by atoms with Gasteiger partial charge in [0, 0.05) is 5.70 Å². The van der Waals surface area contributed by atoms with Crippen molar-refractivity contribution in [2.24, 2.45) is 5.10 Å². The second-order valence-electron chi connectivity index (χ2n) is 10.7. The third-order valence-electron chi connectivity index (χ3n) is 7.33. The van der Waals surface area contributed by atoms with Crippen molar-refractivity contribution < 1.29 is 33.6 Å². The predicted molar refractivity (Wildman–Crippen MR) is 186 cm³/mol. The summed E-state index contributed by atoms with van der Waals surface area (Å²) in [5.41, 5.74) is 5.54. The first-order valence-electron chi connectivity index (χ1n) is 15.0. The van der Waals surface area contributed by atoms with Crippen LogP contribution in [0.5, 0.6) is 17.2 Å². The fraction of sp³-hybridized carbons (Fsp3) is 0.229. The molecule has 5 rings (SSSR count). The molecule has 1 heterocycles. The van der Waals surface area contributed by atoms with E-state index in [-0.39, 0.29) is 12.2 Å². The predicted octanol–water partition coefficient (Wildman–Crippen LogP) is 6.36. The molecule has 1 aliphatic heterocycles. The SMILES string of the molecule is CCOc1cc([C@@H]2NC(=O)NC(C)=C2C(=O)OC)ccc1OC[C@@H](O)N/N=C\c1cc(Cl)c(OCc2ccc3ccccc3c2)c(Br)c1. The molecule has 0 radical (unpaired) electrons. The van der Waals surface area contributed by atoms with Gasteiger partial charge in [-0.3, -0.25) is 5.43 Å². The number of ether oxygens (including phenoxy) is 4. The number of nitrogens with zero attached hydrogens (tertiary/aromatic N) is 1. The minimum Gasteiger partial charge on any atom is -0.490 e. The normalized spacial score (nSPS) is 15.1. The highest BCUT2D eigenvalue weighted by Gasteiger charge is 2.32. The lowest BCUT2D eigenvalue weighted by molar-refractivity contribution is -0.136. The molecule has 1 aliphatic rings. The van der Waals surface area contributed by atoms with E-state index in [0.717, 1.165) is 16.3 Å². The fourth-order valence-electron chi connectivity index (χ4n) is 5.10. The average Bonchev–Trinajstić information content (AvgIpc) is 3.06. The van der Waals surface area contributed by atoms with Gasteiger partial charge in [0.1, 0.15) is 13.2 Å². The minimum absolute atomic E-state index is 0.167. The summed E-state index contributed by atoms with van der Waals surface area (Å²) in [4.78, 5) is 24.6. The van der Waals surface area contributed by atoms with Crippen molar-refractivity contribution in [2.45, 2.75) is 32.7 Å². The molecule has 13 heteroatoms.